The molecule has 1 aromatic rings. The predicted octanol–water partition coefficient (Wildman–Crippen LogP) is 1.94. The van der Waals surface area contributed by atoms with E-state index in [0.29, 0.717) is 13.1 Å². The van der Waals surface area contributed by atoms with Gasteiger partial charge in [0.2, 0.25) is 10.0 Å². The molecule has 106 valence electrons. The first-order valence-corrected chi connectivity index (χ1v) is 8.19. The molecule has 4 nitrogen and oxygen atoms in total. The number of hydrogen-bond donors (Lipinski definition) is 0. The molecule has 0 atom stereocenters. The lowest BCUT2D eigenvalue weighted by Gasteiger charge is -2.30. The molecule has 1 heterocycles. The smallest absolute Gasteiger partial charge is 0.218 e. The van der Waals surface area contributed by atoms with Crippen molar-refractivity contribution in [2.45, 2.75) is 31.6 Å². The molecular formula is C14H21NO3S. The van der Waals surface area contributed by atoms with E-state index >= 15 is 0 Å². The summed E-state index contributed by atoms with van der Waals surface area (Å²) >= 11 is 0. The second kappa shape index (κ2) is 6.03. The number of nitrogens with zero attached hydrogens (tertiary/aromatic N) is 1. The van der Waals surface area contributed by atoms with Crippen molar-refractivity contribution in [3.63, 3.8) is 0 Å². The summed E-state index contributed by atoms with van der Waals surface area (Å²) in [5.41, 5.74) is 1.91. The fraction of sp³-hybridized carbons (Fsp3) is 0.571. The summed E-state index contributed by atoms with van der Waals surface area (Å²) in [4.78, 5) is 0. The van der Waals surface area contributed by atoms with E-state index in [2.05, 4.69) is 0 Å². The van der Waals surface area contributed by atoms with Gasteiger partial charge in [-0.1, -0.05) is 24.3 Å². The van der Waals surface area contributed by atoms with Crippen LogP contribution in [-0.2, 0) is 20.5 Å². The van der Waals surface area contributed by atoms with Crippen LogP contribution in [0.1, 0.15) is 24.0 Å². The molecule has 0 saturated carbocycles. The Labute approximate surface area is 115 Å². The van der Waals surface area contributed by atoms with E-state index in [1.54, 1.807) is 11.4 Å². The summed E-state index contributed by atoms with van der Waals surface area (Å²) in [5, 5.41) is 0. The molecular weight excluding hydrogens is 262 g/mol. The standard InChI is InChI=1S/C14H21NO3S/c1-12-5-3-4-6-13(12)11-19(16,17)15-9-7-14(18-2)8-10-15/h3-6,14H,7-11H2,1-2H3. The van der Waals surface area contributed by atoms with Crippen LogP contribution in [0.3, 0.4) is 0 Å². The molecule has 0 bridgehead atoms. The van der Waals surface area contributed by atoms with Crippen molar-refractivity contribution in [1.82, 2.24) is 4.31 Å². The summed E-state index contributed by atoms with van der Waals surface area (Å²) in [5.74, 6) is 0.0946. The number of aryl methyl sites for hydroxylation is 1. The van der Waals surface area contributed by atoms with E-state index in [9.17, 15) is 8.42 Å². The van der Waals surface area contributed by atoms with Crippen LogP contribution in [0.4, 0.5) is 0 Å². The van der Waals surface area contributed by atoms with Gasteiger partial charge in [0, 0.05) is 20.2 Å². The molecule has 0 amide bonds. The zero-order valence-corrected chi connectivity index (χ0v) is 12.3. The summed E-state index contributed by atoms with van der Waals surface area (Å²) in [7, 11) is -1.53. The second-order valence-corrected chi connectivity index (χ2v) is 6.99. The minimum Gasteiger partial charge on any atom is -0.381 e. The molecule has 0 aliphatic carbocycles. The molecule has 0 radical (unpaired) electrons. The molecule has 0 spiro atoms. The van der Waals surface area contributed by atoms with E-state index in [4.69, 9.17) is 4.74 Å². The van der Waals surface area contributed by atoms with Gasteiger partial charge < -0.3 is 4.74 Å². The molecule has 0 aromatic heterocycles. The fourth-order valence-corrected chi connectivity index (χ4v) is 4.07. The molecule has 1 saturated heterocycles. The van der Waals surface area contributed by atoms with E-state index in [1.165, 1.54) is 0 Å². The van der Waals surface area contributed by atoms with Crippen molar-refractivity contribution < 1.29 is 13.2 Å². The Balaban J connectivity index is 2.05. The van der Waals surface area contributed by atoms with E-state index in [0.717, 1.165) is 24.0 Å². The van der Waals surface area contributed by atoms with E-state index in [1.807, 2.05) is 31.2 Å². The lowest BCUT2D eigenvalue weighted by Crippen LogP contribution is -2.41. The quantitative estimate of drug-likeness (QED) is 0.848. The monoisotopic (exact) mass is 283 g/mol. The molecule has 1 aliphatic rings. The summed E-state index contributed by atoms with van der Waals surface area (Å²) in [6, 6.07) is 7.64. The molecule has 0 N–H and O–H groups in total. The van der Waals surface area contributed by atoms with Crippen molar-refractivity contribution in [2.75, 3.05) is 20.2 Å². The fourth-order valence-electron chi connectivity index (χ4n) is 2.41. The molecule has 1 fully saturated rings. The number of hydrogen-bond acceptors (Lipinski definition) is 3. The number of methoxy groups -OCH3 is 1. The highest BCUT2D eigenvalue weighted by Crippen LogP contribution is 2.20. The van der Waals surface area contributed by atoms with Crippen LogP contribution in [0.15, 0.2) is 24.3 Å². The highest BCUT2D eigenvalue weighted by atomic mass is 32.2. The van der Waals surface area contributed by atoms with Gasteiger partial charge >= 0.3 is 0 Å². The molecule has 1 aliphatic heterocycles. The first-order valence-electron chi connectivity index (χ1n) is 6.58. The Kier molecular flexibility index (Phi) is 4.60. The van der Waals surface area contributed by atoms with Gasteiger partial charge in [0.1, 0.15) is 0 Å². The van der Waals surface area contributed by atoms with Crippen LogP contribution in [0.5, 0.6) is 0 Å². The van der Waals surface area contributed by atoms with Gasteiger partial charge in [-0.15, -0.1) is 0 Å². The van der Waals surface area contributed by atoms with E-state index < -0.39 is 10.0 Å². The predicted molar refractivity (Wildman–Crippen MR) is 75.4 cm³/mol. The van der Waals surface area contributed by atoms with Gasteiger partial charge in [-0.25, -0.2) is 12.7 Å². The molecule has 1 aromatic carbocycles. The van der Waals surface area contributed by atoms with Crippen LogP contribution in [0.2, 0.25) is 0 Å². The van der Waals surface area contributed by atoms with Gasteiger partial charge in [-0.2, -0.15) is 0 Å². The Morgan fingerprint density at radius 2 is 1.89 bits per heavy atom. The summed E-state index contributed by atoms with van der Waals surface area (Å²) in [6.07, 6.45) is 1.76. The van der Waals surface area contributed by atoms with Crippen LogP contribution < -0.4 is 0 Å². The minimum absolute atomic E-state index is 0.0946. The topological polar surface area (TPSA) is 46.6 Å². The van der Waals surface area contributed by atoms with Crippen molar-refractivity contribution in [3.05, 3.63) is 35.4 Å². The van der Waals surface area contributed by atoms with Crippen LogP contribution in [0.25, 0.3) is 0 Å². The summed E-state index contributed by atoms with van der Waals surface area (Å²) in [6.45, 7) is 3.07. The Morgan fingerprint density at radius 3 is 2.47 bits per heavy atom. The molecule has 2 rings (SSSR count). The van der Waals surface area contributed by atoms with Gasteiger partial charge in [-0.3, -0.25) is 0 Å². The normalized spacial score (nSPS) is 18.6. The van der Waals surface area contributed by atoms with Gasteiger partial charge in [0.25, 0.3) is 0 Å². The lowest BCUT2D eigenvalue weighted by molar-refractivity contribution is 0.0604. The maximum absolute atomic E-state index is 12.4. The number of rotatable bonds is 4. The lowest BCUT2D eigenvalue weighted by atomic mass is 10.1. The SMILES string of the molecule is COC1CCN(S(=O)(=O)Cc2ccccc2C)CC1. The zero-order chi connectivity index (χ0) is 13.9. The van der Waals surface area contributed by atoms with Crippen LogP contribution in [-0.4, -0.2) is 39.0 Å². The number of sulfonamides is 1. The van der Waals surface area contributed by atoms with Crippen LogP contribution >= 0.6 is 0 Å². The Hall–Kier alpha value is -0.910. The third-order valence-corrected chi connectivity index (χ3v) is 5.55. The molecule has 19 heavy (non-hydrogen) atoms. The maximum Gasteiger partial charge on any atom is 0.218 e. The van der Waals surface area contributed by atoms with Crippen molar-refractivity contribution in [1.29, 1.82) is 0 Å². The first kappa shape index (κ1) is 14.5. The largest absolute Gasteiger partial charge is 0.381 e. The number of benzene rings is 1. The number of piperidine rings is 1. The maximum atomic E-state index is 12.4. The highest BCUT2D eigenvalue weighted by molar-refractivity contribution is 7.88. The third kappa shape index (κ3) is 3.55. The third-order valence-electron chi connectivity index (χ3n) is 3.73. The zero-order valence-electron chi connectivity index (χ0n) is 11.5. The van der Waals surface area contributed by atoms with Crippen molar-refractivity contribution >= 4 is 10.0 Å². The molecule has 0 unspecified atom stereocenters. The Bertz CT molecular complexity index is 519. The highest BCUT2D eigenvalue weighted by Gasteiger charge is 2.28. The number of ether oxygens (including phenoxy) is 1. The van der Waals surface area contributed by atoms with Crippen molar-refractivity contribution in [2.24, 2.45) is 0 Å². The van der Waals surface area contributed by atoms with Crippen LogP contribution in [0, 0.1) is 6.92 Å². The van der Waals surface area contributed by atoms with E-state index in [-0.39, 0.29) is 11.9 Å². The minimum atomic E-state index is -3.21. The van der Waals surface area contributed by atoms with Gasteiger partial charge in [-0.05, 0) is 30.9 Å². The molecule has 5 heteroatoms. The van der Waals surface area contributed by atoms with Gasteiger partial charge in [0.05, 0.1) is 11.9 Å². The second-order valence-electron chi connectivity index (χ2n) is 5.02. The summed E-state index contributed by atoms with van der Waals surface area (Å²) < 4.78 is 31.6. The van der Waals surface area contributed by atoms with Gasteiger partial charge in [0.15, 0.2) is 0 Å². The first-order chi connectivity index (χ1) is 9.03. The average Bonchev–Trinajstić information content (AvgIpc) is 2.41. The average molecular weight is 283 g/mol. The van der Waals surface area contributed by atoms with Crippen molar-refractivity contribution in [3.8, 4) is 0 Å². The Morgan fingerprint density at radius 1 is 1.26 bits per heavy atom.